The minimum absolute atomic E-state index is 0.122. The van der Waals surface area contributed by atoms with Crippen molar-refractivity contribution in [3.63, 3.8) is 0 Å². The van der Waals surface area contributed by atoms with Crippen LogP contribution < -0.4 is 0 Å². The quantitative estimate of drug-likeness (QED) is 0.160. The van der Waals surface area contributed by atoms with Gasteiger partial charge in [0.15, 0.2) is 0 Å². The van der Waals surface area contributed by atoms with E-state index in [-0.39, 0.29) is 33.0 Å². The van der Waals surface area contributed by atoms with E-state index in [1.807, 2.05) is 0 Å². The second-order valence-corrected chi connectivity index (χ2v) is 6.77. The fourth-order valence-electron chi connectivity index (χ4n) is 1.69. The third-order valence-electron chi connectivity index (χ3n) is 2.98. The lowest BCUT2D eigenvalue weighted by Crippen LogP contribution is -2.12. The van der Waals surface area contributed by atoms with Crippen LogP contribution in [0.4, 0.5) is 0 Å². The molecule has 0 spiro atoms. The Kier molecular flexibility index (Phi) is 14.9. The van der Waals surface area contributed by atoms with Crippen molar-refractivity contribution < 1.29 is 37.2 Å². The molecule has 0 saturated carbocycles. The van der Waals surface area contributed by atoms with E-state index in [4.69, 9.17) is 23.0 Å². The van der Waals surface area contributed by atoms with E-state index in [1.165, 1.54) is 0 Å². The number of ether oxygens (including phenoxy) is 2. The summed E-state index contributed by atoms with van der Waals surface area (Å²) in [5.41, 5.74) is 0. The summed E-state index contributed by atoms with van der Waals surface area (Å²) in [6, 6.07) is 0. The van der Waals surface area contributed by atoms with Gasteiger partial charge in [-0.25, -0.2) is 14.2 Å². The van der Waals surface area contributed by atoms with Crippen LogP contribution in [-0.4, -0.2) is 45.0 Å². The molecule has 0 fully saturated rings. The second-order valence-electron chi connectivity index (χ2n) is 5.10. The molecule has 0 amide bonds. The van der Waals surface area contributed by atoms with Crippen LogP contribution in [0.3, 0.4) is 0 Å². The molecule has 8 nitrogen and oxygen atoms in total. The van der Waals surface area contributed by atoms with Gasteiger partial charge in [-0.05, 0) is 6.42 Å². The number of phosphoric ester groups is 1. The first-order chi connectivity index (χ1) is 12.5. The van der Waals surface area contributed by atoms with Gasteiger partial charge in [0, 0.05) is 12.2 Å². The van der Waals surface area contributed by atoms with Crippen molar-refractivity contribution in [2.24, 2.45) is 0 Å². The Morgan fingerprint density at radius 1 is 0.769 bits per heavy atom. The normalized spacial score (nSPS) is 11.0. The maximum absolute atomic E-state index is 12.5. The molecular formula is C17H29O8P. The molecular weight excluding hydrogens is 363 g/mol. The van der Waals surface area contributed by atoms with E-state index in [9.17, 15) is 14.2 Å². The molecule has 0 aromatic heterocycles. The number of rotatable bonds is 17. The minimum Gasteiger partial charge on any atom is -0.460 e. The lowest BCUT2D eigenvalue weighted by Gasteiger charge is -2.18. The molecule has 0 aliphatic carbocycles. The second kappa shape index (κ2) is 15.8. The molecule has 9 heteroatoms. The SMILES string of the molecule is C=CC(=O)OCCOP(=O)(OCCCCCCC)OCCOC(=O)C=C. The Morgan fingerprint density at radius 3 is 1.69 bits per heavy atom. The molecule has 0 bridgehead atoms. The first-order valence-electron chi connectivity index (χ1n) is 8.59. The van der Waals surface area contributed by atoms with Gasteiger partial charge in [0.05, 0.1) is 19.8 Å². The Labute approximate surface area is 155 Å². The third-order valence-corrected chi connectivity index (χ3v) is 4.48. The van der Waals surface area contributed by atoms with Crippen LogP contribution >= 0.6 is 7.82 Å². The van der Waals surface area contributed by atoms with Crippen molar-refractivity contribution in [3.8, 4) is 0 Å². The minimum atomic E-state index is -3.85. The van der Waals surface area contributed by atoms with Crippen molar-refractivity contribution in [1.29, 1.82) is 0 Å². The highest BCUT2D eigenvalue weighted by Crippen LogP contribution is 2.49. The molecule has 0 N–H and O–H groups in total. The largest absolute Gasteiger partial charge is 0.475 e. The Hall–Kier alpha value is -1.47. The summed E-state index contributed by atoms with van der Waals surface area (Å²) in [6.45, 7) is 8.27. The number of phosphoric acid groups is 1. The predicted octanol–water partition coefficient (Wildman–Crippen LogP) is 3.57. The van der Waals surface area contributed by atoms with Crippen LogP contribution in [0.25, 0.3) is 0 Å². The molecule has 0 unspecified atom stereocenters. The fourth-order valence-corrected chi connectivity index (χ4v) is 2.87. The summed E-state index contributed by atoms with van der Waals surface area (Å²) < 4.78 is 37.5. The van der Waals surface area contributed by atoms with Gasteiger partial charge in [-0.3, -0.25) is 13.6 Å². The fraction of sp³-hybridized carbons (Fsp3) is 0.647. The third kappa shape index (κ3) is 13.8. The molecule has 0 aromatic carbocycles. The van der Waals surface area contributed by atoms with Gasteiger partial charge in [0.25, 0.3) is 0 Å². The van der Waals surface area contributed by atoms with Gasteiger partial charge >= 0.3 is 19.8 Å². The summed E-state index contributed by atoms with van der Waals surface area (Å²) in [5, 5.41) is 0. The van der Waals surface area contributed by atoms with Crippen molar-refractivity contribution in [2.75, 3.05) is 33.0 Å². The van der Waals surface area contributed by atoms with Crippen molar-refractivity contribution in [1.82, 2.24) is 0 Å². The maximum Gasteiger partial charge on any atom is 0.475 e. The zero-order valence-electron chi connectivity index (χ0n) is 15.4. The number of esters is 2. The van der Waals surface area contributed by atoms with Gasteiger partial charge < -0.3 is 9.47 Å². The van der Waals surface area contributed by atoms with Crippen LogP contribution in [0.1, 0.15) is 39.0 Å². The number of hydrogen-bond donors (Lipinski definition) is 0. The highest BCUT2D eigenvalue weighted by molar-refractivity contribution is 7.48. The van der Waals surface area contributed by atoms with E-state index in [1.54, 1.807) is 0 Å². The zero-order valence-corrected chi connectivity index (χ0v) is 16.2. The summed E-state index contributed by atoms with van der Waals surface area (Å²) in [4.78, 5) is 21.9. The average Bonchev–Trinajstić information content (AvgIpc) is 2.65. The molecule has 26 heavy (non-hydrogen) atoms. The zero-order chi connectivity index (χ0) is 19.7. The smallest absolute Gasteiger partial charge is 0.460 e. The van der Waals surface area contributed by atoms with Crippen LogP contribution in [0.5, 0.6) is 0 Å². The molecule has 0 heterocycles. The molecule has 0 aliphatic heterocycles. The molecule has 0 aliphatic rings. The molecule has 0 saturated heterocycles. The van der Waals surface area contributed by atoms with Gasteiger partial charge in [-0.15, -0.1) is 0 Å². The van der Waals surface area contributed by atoms with E-state index in [2.05, 4.69) is 20.1 Å². The van der Waals surface area contributed by atoms with E-state index < -0.39 is 19.8 Å². The van der Waals surface area contributed by atoms with Crippen molar-refractivity contribution >= 4 is 19.8 Å². The number of carbonyl (C=O) groups is 2. The lowest BCUT2D eigenvalue weighted by molar-refractivity contribution is -0.139. The van der Waals surface area contributed by atoms with Crippen LogP contribution in [-0.2, 0) is 37.2 Å². The molecule has 150 valence electrons. The van der Waals surface area contributed by atoms with E-state index in [0.717, 1.165) is 37.8 Å². The van der Waals surface area contributed by atoms with Crippen LogP contribution in [0.15, 0.2) is 25.3 Å². The van der Waals surface area contributed by atoms with Gasteiger partial charge in [-0.1, -0.05) is 45.8 Å². The first-order valence-corrected chi connectivity index (χ1v) is 10.1. The molecule has 0 rings (SSSR count). The molecule has 0 atom stereocenters. The van der Waals surface area contributed by atoms with Gasteiger partial charge in [0.1, 0.15) is 13.2 Å². The van der Waals surface area contributed by atoms with Gasteiger partial charge in [-0.2, -0.15) is 0 Å². The number of carbonyl (C=O) groups excluding carboxylic acids is 2. The Bertz CT molecular complexity index is 445. The Morgan fingerprint density at radius 2 is 1.23 bits per heavy atom. The summed E-state index contributed by atoms with van der Waals surface area (Å²) >= 11 is 0. The highest BCUT2D eigenvalue weighted by atomic mass is 31.2. The summed E-state index contributed by atoms with van der Waals surface area (Å²) in [5.74, 6) is -1.23. The van der Waals surface area contributed by atoms with Crippen molar-refractivity contribution in [2.45, 2.75) is 39.0 Å². The Balaban J connectivity index is 4.28. The number of hydrogen-bond acceptors (Lipinski definition) is 8. The monoisotopic (exact) mass is 392 g/mol. The first kappa shape index (κ1) is 24.5. The molecule has 0 radical (unpaired) electrons. The van der Waals surface area contributed by atoms with Crippen LogP contribution in [0, 0.1) is 0 Å². The standard InChI is InChI=1S/C17H29O8P/c1-4-7-8-9-10-11-23-26(20,24-14-12-21-16(18)5-2)25-15-13-22-17(19)6-3/h5-6H,2-4,7-15H2,1H3. The summed E-state index contributed by atoms with van der Waals surface area (Å²) in [6.07, 6.45) is 7.01. The maximum atomic E-state index is 12.5. The lowest BCUT2D eigenvalue weighted by atomic mass is 10.2. The topological polar surface area (TPSA) is 97.4 Å². The average molecular weight is 392 g/mol. The van der Waals surface area contributed by atoms with E-state index >= 15 is 0 Å². The van der Waals surface area contributed by atoms with Gasteiger partial charge in [0.2, 0.25) is 0 Å². The van der Waals surface area contributed by atoms with E-state index in [0.29, 0.717) is 6.42 Å². The summed E-state index contributed by atoms with van der Waals surface area (Å²) in [7, 11) is -3.85. The highest BCUT2D eigenvalue weighted by Gasteiger charge is 2.26. The number of unbranched alkanes of at least 4 members (excludes halogenated alkanes) is 4. The predicted molar refractivity (Wildman–Crippen MR) is 96.5 cm³/mol. The van der Waals surface area contributed by atoms with Crippen LogP contribution in [0.2, 0.25) is 0 Å². The van der Waals surface area contributed by atoms with Crippen molar-refractivity contribution in [3.05, 3.63) is 25.3 Å². The molecule has 0 aromatic rings.